The molecule has 172 valence electrons. The molecule has 10 heteroatoms. The predicted octanol–water partition coefficient (Wildman–Crippen LogP) is 0.981. The summed E-state index contributed by atoms with van der Waals surface area (Å²) < 4.78 is 5.88. The molecule has 3 N–H and O–H groups in total. The van der Waals surface area contributed by atoms with E-state index in [0.29, 0.717) is 36.9 Å². The lowest BCUT2D eigenvalue weighted by Crippen LogP contribution is -2.52. The molecule has 2 aromatic rings. The molecule has 1 aromatic heterocycles. The first-order valence-electron chi connectivity index (χ1n) is 11.3. The van der Waals surface area contributed by atoms with Gasteiger partial charge in [0.1, 0.15) is 18.0 Å². The molecule has 4 heterocycles. The molecule has 3 aliphatic rings. The number of nitrogens with zero attached hydrogens (tertiary/aromatic N) is 3. The summed E-state index contributed by atoms with van der Waals surface area (Å²) in [6.45, 7) is 2.65. The van der Waals surface area contributed by atoms with Crippen molar-refractivity contribution in [3.63, 3.8) is 0 Å². The van der Waals surface area contributed by atoms with Crippen molar-refractivity contribution < 1.29 is 19.1 Å². The second kappa shape index (κ2) is 9.14. The summed E-state index contributed by atoms with van der Waals surface area (Å²) in [6, 6.07) is 7.23. The smallest absolute Gasteiger partial charge is 0.318 e. The number of hydrogen-bond acceptors (Lipinski definition) is 8. The monoisotopic (exact) mass is 450 g/mol. The van der Waals surface area contributed by atoms with Gasteiger partial charge in [0.05, 0.1) is 0 Å². The number of nitrogens with one attached hydrogen (secondary N) is 3. The highest BCUT2D eigenvalue weighted by molar-refractivity contribution is 6.05. The van der Waals surface area contributed by atoms with Crippen molar-refractivity contribution in [2.75, 3.05) is 18.4 Å². The molecule has 10 nitrogen and oxygen atoms in total. The summed E-state index contributed by atoms with van der Waals surface area (Å²) in [5.41, 5.74) is 2.40. The van der Waals surface area contributed by atoms with E-state index >= 15 is 0 Å². The van der Waals surface area contributed by atoms with Gasteiger partial charge >= 0.3 is 6.01 Å². The van der Waals surface area contributed by atoms with Crippen LogP contribution in [0.2, 0.25) is 0 Å². The number of carbonyl (C=O) groups excluding carboxylic acids is 3. The molecule has 2 saturated heterocycles. The Kier molecular flexibility index (Phi) is 5.91. The van der Waals surface area contributed by atoms with Crippen molar-refractivity contribution in [1.29, 1.82) is 0 Å². The normalized spacial score (nSPS) is 22.7. The van der Waals surface area contributed by atoms with E-state index < -0.39 is 11.9 Å². The predicted molar refractivity (Wildman–Crippen MR) is 118 cm³/mol. The van der Waals surface area contributed by atoms with Crippen LogP contribution >= 0.6 is 0 Å². The van der Waals surface area contributed by atoms with Crippen molar-refractivity contribution in [2.24, 2.45) is 0 Å². The Morgan fingerprint density at radius 1 is 1.18 bits per heavy atom. The van der Waals surface area contributed by atoms with Crippen LogP contribution in [0.4, 0.5) is 5.82 Å². The van der Waals surface area contributed by atoms with E-state index in [2.05, 4.69) is 25.9 Å². The number of ether oxygens (including phenoxy) is 1. The van der Waals surface area contributed by atoms with Crippen LogP contribution in [0.15, 0.2) is 30.5 Å². The van der Waals surface area contributed by atoms with Gasteiger partial charge in [0, 0.05) is 37.8 Å². The number of carbonyl (C=O) groups is 3. The second-order valence-electron chi connectivity index (χ2n) is 8.56. The summed E-state index contributed by atoms with van der Waals surface area (Å²) in [7, 11) is 0. The first-order chi connectivity index (χ1) is 16.1. The molecule has 0 radical (unpaired) electrons. The lowest BCUT2D eigenvalue weighted by atomic mass is 10.0. The first-order valence-corrected chi connectivity index (χ1v) is 11.3. The van der Waals surface area contributed by atoms with Crippen LogP contribution in [0.3, 0.4) is 0 Å². The zero-order chi connectivity index (χ0) is 22.8. The Labute approximate surface area is 191 Å². The molecule has 0 saturated carbocycles. The second-order valence-corrected chi connectivity index (χ2v) is 8.56. The van der Waals surface area contributed by atoms with E-state index in [4.69, 9.17) is 4.74 Å². The minimum atomic E-state index is -0.608. The lowest BCUT2D eigenvalue weighted by Gasteiger charge is -2.29. The van der Waals surface area contributed by atoms with Gasteiger partial charge in [0.25, 0.3) is 5.91 Å². The molecule has 2 unspecified atom stereocenters. The fourth-order valence-electron chi connectivity index (χ4n) is 4.47. The van der Waals surface area contributed by atoms with Gasteiger partial charge in [-0.15, -0.1) is 0 Å². The van der Waals surface area contributed by atoms with Gasteiger partial charge in [-0.1, -0.05) is 12.1 Å². The quantitative estimate of drug-likeness (QED) is 0.556. The molecular weight excluding hydrogens is 424 g/mol. The van der Waals surface area contributed by atoms with Crippen molar-refractivity contribution in [1.82, 2.24) is 25.5 Å². The van der Waals surface area contributed by atoms with Crippen LogP contribution < -0.4 is 20.7 Å². The molecule has 2 fully saturated rings. The largest absolute Gasteiger partial charge is 0.459 e. The number of anilines is 1. The Morgan fingerprint density at radius 2 is 2.09 bits per heavy atom. The average Bonchev–Trinajstić information content (AvgIpc) is 3.14. The standard InChI is InChI=1S/C23H26N6O4/c30-20-6-5-18(21(31)28-20)29-13-15-4-3-14(10-17(15)22(29)32)11-26-19-7-9-25-23(27-19)33-16-2-1-8-24-12-16/h3-4,7,9-10,16,18,24H,1-2,5-6,8,11-13H2,(H,25,26,27)(H,28,30,31). The zero-order valence-electron chi connectivity index (χ0n) is 18.2. The number of hydrogen-bond donors (Lipinski definition) is 3. The third kappa shape index (κ3) is 4.65. The summed E-state index contributed by atoms with van der Waals surface area (Å²) in [5.74, 6) is -0.233. The number of amides is 3. The molecular formula is C23H26N6O4. The maximum atomic E-state index is 13.0. The van der Waals surface area contributed by atoms with Gasteiger partial charge in [0.15, 0.2) is 0 Å². The van der Waals surface area contributed by atoms with Gasteiger partial charge < -0.3 is 20.3 Å². The van der Waals surface area contributed by atoms with Crippen LogP contribution in [-0.2, 0) is 22.7 Å². The fourth-order valence-corrected chi connectivity index (χ4v) is 4.47. The van der Waals surface area contributed by atoms with E-state index in [9.17, 15) is 14.4 Å². The topological polar surface area (TPSA) is 126 Å². The van der Waals surface area contributed by atoms with Crippen molar-refractivity contribution >= 4 is 23.5 Å². The Morgan fingerprint density at radius 3 is 2.91 bits per heavy atom. The minimum absolute atomic E-state index is 0.0732. The van der Waals surface area contributed by atoms with Crippen LogP contribution in [-0.4, -0.2) is 57.8 Å². The number of rotatable bonds is 6. The summed E-state index contributed by atoms with van der Waals surface area (Å²) in [5, 5.41) is 8.89. The number of imide groups is 1. The molecule has 0 bridgehead atoms. The number of aromatic nitrogens is 2. The number of fused-ring (bicyclic) bond motifs is 1. The summed E-state index contributed by atoms with van der Waals surface area (Å²) in [4.78, 5) is 46.8. The minimum Gasteiger partial charge on any atom is -0.459 e. The van der Waals surface area contributed by atoms with E-state index in [-0.39, 0.29) is 24.3 Å². The molecule has 0 spiro atoms. The van der Waals surface area contributed by atoms with E-state index in [0.717, 1.165) is 37.1 Å². The maximum absolute atomic E-state index is 13.0. The van der Waals surface area contributed by atoms with E-state index in [1.807, 2.05) is 18.2 Å². The zero-order valence-corrected chi connectivity index (χ0v) is 18.2. The SMILES string of the molecule is O=C1CCC(N2Cc3ccc(CNc4ccnc(OC5CCCNC5)n4)cc3C2=O)C(=O)N1. The van der Waals surface area contributed by atoms with Crippen LogP contribution in [0.25, 0.3) is 0 Å². The average molecular weight is 450 g/mol. The Hall–Kier alpha value is -3.53. The molecule has 33 heavy (non-hydrogen) atoms. The highest BCUT2D eigenvalue weighted by atomic mass is 16.5. The molecule has 5 rings (SSSR count). The van der Waals surface area contributed by atoms with Gasteiger partial charge in [-0.3, -0.25) is 19.7 Å². The fraction of sp³-hybridized carbons (Fsp3) is 0.435. The molecule has 3 aliphatic heterocycles. The Balaban J connectivity index is 1.22. The highest BCUT2D eigenvalue weighted by Gasteiger charge is 2.39. The van der Waals surface area contributed by atoms with Crippen LogP contribution in [0.5, 0.6) is 6.01 Å². The first kappa shape index (κ1) is 21.3. The molecule has 0 aliphatic carbocycles. The molecule has 2 atom stereocenters. The van der Waals surface area contributed by atoms with Crippen LogP contribution in [0.1, 0.15) is 47.2 Å². The lowest BCUT2D eigenvalue weighted by molar-refractivity contribution is -0.136. The van der Waals surface area contributed by atoms with Gasteiger partial charge in [-0.05, 0) is 49.1 Å². The third-order valence-corrected chi connectivity index (χ3v) is 6.22. The number of piperidine rings is 2. The van der Waals surface area contributed by atoms with E-state index in [1.165, 1.54) is 0 Å². The summed E-state index contributed by atoms with van der Waals surface area (Å²) >= 11 is 0. The highest BCUT2D eigenvalue weighted by Crippen LogP contribution is 2.28. The van der Waals surface area contributed by atoms with Gasteiger partial charge in [-0.2, -0.15) is 4.98 Å². The maximum Gasteiger partial charge on any atom is 0.318 e. The van der Waals surface area contributed by atoms with Gasteiger partial charge in [-0.25, -0.2) is 4.98 Å². The molecule has 3 amide bonds. The van der Waals surface area contributed by atoms with E-state index in [1.54, 1.807) is 17.2 Å². The summed E-state index contributed by atoms with van der Waals surface area (Å²) in [6.07, 6.45) is 4.38. The van der Waals surface area contributed by atoms with Crippen molar-refractivity contribution in [3.05, 3.63) is 47.2 Å². The van der Waals surface area contributed by atoms with Crippen molar-refractivity contribution in [2.45, 2.75) is 50.9 Å². The van der Waals surface area contributed by atoms with Crippen LogP contribution in [0, 0.1) is 0 Å². The van der Waals surface area contributed by atoms with Crippen molar-refractivity contribution in [3.8, 4) is 6.01 Å². The molecule has 1 aromatic carbocycles. The Bertz CT molecular complexity index is 1080. The third-order valence-electron chi connectivity index (χ3n) is 6.22. The number of benzene rings is 1. The van der Waals surface area contributed by atoms with Gasteiger partial charge in [0.2, 0.25) is 11.8 Å².